The Morgan fingerprint density at radius 3 is 2.55 bits per heavy atom. The van der Waals surface area contributed by atoms with Gasteiger partial charge >= 0.3 is 5.97 Å². The predicted molar refractivity (Wildman–Crippen MR) is 149 cm³/mol. The Balaban J connectivity index is 1.33. The van der Waals surface area contributed by atoms with Gasteiger partial charge in [-0.05, 0) is 51.1 Å². The predicted octanol–water partition coefficient (Wildman–Crippen LogP) is 5.32. The molecular weight excluding hydrogens is 500 g/mol. The summed E-state index contributed by atoms with van der Waals surface area (Å²) >= 11 is 1.31. The fourth-order valence-corrected chi connectivity index (χ4v) is 5.31. The number of para-hydroxylation sites is 1. The van der Waals surface area contributed by atoms with Crippen molar-refractivity contribution < 1.29 is 19.1 Å². The molecule has 1 unspecified atom stereocenters. The number of anilines is 1. The molecule has 5 rings (SSSR count). The van der Waals surface area contributed by atoms with Gasteiger partial charge in [0.2, 0.25) is 0 Å². The second-order valence-electron chi connectivity index (χ2n) is 9.55. The van der Waals surface area contributed by atoms with Crippen molar-refractivity contribution in [1.82, 2.24) is 14.9 Å². The van der Waals surface area contributed by atoms with Crippen LogP contribution in [0.5, 0.6) is 5.75 Å². The lowest BCUT2D eigenvalue weighted by atomic mass is 9.95. The number of benzene rings is 2. The molecule has 1 N–H and O–H groups in total. The van der Waals surface area contributed by atoms with Crippen LogP contribution >= 0.6 is 11.3 Å². The number of thiazole rings is 1. The number of nitrogens with one attached hydrogen (secondary N) is 1. The number of carbonyl (C=O) groups excluding carboxylic acids is 2. The van der Waals surface area contributed by atoms with Crippen molar-refractivity contribution in [2.24, 2.45) is 0 Å². The number of nitrogens with zero attached hydrogens (tertiary/aromatic N) is 3. The summed E-state index contributed by atoms with van der Waals surface area (Å²) in [5.74, 6) is -0.204. The van der Waals surface area contributed by atoms with Gasteiger partial charge in [-0.3, -0.25) is 20.0 Å². The number of fused-ring (bicyclic) bond motifs is 2. The highest BCUT2D eigenvalue weighted by Gasteiger charge is 2.29. The molecule has 0 saturated carbocycles. The average molecular weight is 531 g/mol. The standard InChI is InChI=1S/C29H30N4O4S/c1-17(2)33-14-13-24-22(15-33)26(21-7-5-6-8-23(21)30-24)28(35)37-18(3)27(34)32-29-31-25(16-38-29)19-9-11-20(36-4)12-10-19/h5-12,16-18H,13-15H2,1-4H3,(H,31,32,34). The van der Waals surface area contributed by atoms with Crippen LogP contribution in [0.25, 0.3) is 22.2 Å². The molecule has 1 amide bonds. The number of ether oxygens (including phenoxy) is 2. The molecule has 9 heteroatoms. The molecule has 2 aromatic heterocycles. The minimum atomic E-state index is -1.01. The van der Waals surface area contributed by atoms with Gasteiger partial charge in [0.15, 0.2) is 11.2 Å². The minimum absolute atomic E-state index is 0.337. The van der Waals surface area contributed by atoms with Gasteiger partial charge in [0.1, 0.15) is 5.75 Å². The molecule has 0 fully saturated rings. The molecule has 38 heavy (non-hydrogen) atoms. The molecule has 0 aliphatic carbocycles. The van der Waals surface area contributed by atoms with E-state index < -0.39 is 18.0 Å². The summed E-state index contributed by atoms with van der Waals surface area (Å²) in [7, 11) is 1.62. The van der Waals surface area contributed by atoms with E-state index in [2.05, 4.69) is 29.0 Å². The molecule has 3 heterocycles. The molecule has 0 saturated heterocycles. The van der Waals surface area contributed by atoms with Crippen molar-refractivity contribution in [1.29, 1.82) is 0 Å². The van der Waals surface area contributed by atoms with Gasteiger partial charge in [0.25, 0.3) is 5.91 Å². The van der Waals surface area contributed by atoms with Gasteiger partial charge in [0, 0.05) is 53.1 Å². The number of methoxy groups -OCH3 is 1. The number of hydrogen-bond donors (Lipinski definition) is 1. The number of pyridine rings is 1. The summed E-state index contributed by atoms with van der Waals surface area (Å²) in [5, 5.41) is 5.81. The van der Waals surface area contributed by atoms with Gasteiger partial charge in [-0.25, -0.2) is 9.78 Å². The first-order chi connectivity index (χ1) is 18.3. The Morgan fingerprint density at radius 1 is 1.05 bits per heavy atom. The highest BCUT2D eigenvalue weighted by molar-refractivity contribution is 7.14. The van der Waals surface area contributed by atoms with Crippen LogP contribution in [-0.4, -0.2) is 52.5 Å². The topological polar surface area (TPSA) is 93.6 Å². The summed E-state index contributed by atoms with van der Waals surface area (Å²) in [6.45, 7) is 7.35. The summed E-state index contributed by atoms with van der Waals surface area (Å²) in [5.41, 5.74) is 4.69. The van der Waals surface area contributed by atoms with Gasteiger partial charge < -0.3 is 9.47 Å². The Bertz CT molecular complexity index is 1480. The Morgan fingerprint density at radius 2 is 1.82 bits per heavy atom. The number of esters is 1. The van der Waals surface area contributed by atoms with E-state index in [1.807, 2.05) is 53.9 Å². The number of aromatic nitrogens is 2. The molecule has 8 nitrogen and oxygen atoms in total. The Labute approximate surface area is 225 Å². The lowest BCUT2D eigenvalue weighted by Gasteiger charge is -2.32. The molecule has 0 bridgehead atoms. The smallest absolute Gasteiger partial charge is 0.339 e. The third-order valence-electron chi connectivity index (χ3n) is 6.78. The number of amides is 1. The molecule has 1 atom stereocenters. The van der Waals surface area contributed by atoms with E-state index >= 15 is 0 Å². The highest BCUT2D eigenvalue weighted by atomic mass is 32.1. The molecule has 196 valence electrons. The van der Waals surface area contributed by atoms with Crippen LogP contribution in [0.2, 0.25) is 0 Å². The normalized spacial score (nSPS) is 14.2. The third kappa shape index (κ3) is 5.25. The Hall–Kier alpha value is -3.82. The van der Waals surface area contributed by atoms with Crippen molar-refractivity contribution in [3.05, 3.63) is 70.7 Å². The second kappa shape index (κ2) is 10.9. The van der Waals surface area contributed by atoms with Crippen LogP contribution < -0.4 is 10.1 Å². The van der Waals surface area contributed by atoms with E-state index in [-0.39, 0.29) is 0 Å². The number of carbonyl (C=O) groups is 2. The summed E-state index contributed by atoms with van der Waals surface area (Å²) in [6, 6.07) is 15.4. The molecular formula is C29H30N4O4S. The molecule has 1 aliphatic rings. The monoisotopic (exact) mass is 530 g/mol. The SMILES string of the molecule is COc1ccc(-c2csc(NC(=O)C(C)OC(=O)c3c4c(nc5ccccc35)CCN(C(C)C)C4)n2)cc1. The maximum Gasteiger partial charge on any atom is 0.339 e. The number of hydrogen-bond acceptors (Lipinski definition) is 8. The summed E-state index contributed by atoms with van der Waals surface area (Å²) < 4.78 is 10.9. The quantitative estimate of drug-likeness (QED) is 0.323. The fourth-order valence-electron chi connectivity index (χ4n) is 4.59. The zero-order chi connectivity index (χ0) is 26.8. The highest BCUT2D eigenvalue weighted by Crippen LogP contribution is 2.30. The second-order valence-corrected chi connectivity index (χ2v) is 10.4. The van der Waals surface area contributed by atoms with E-state index in [1.54, 1.807) is 14.0 Å². The first-order valence-corrected chi connectivity index (χ1v) is 13.5. The molecule has 0 radical (unpaired) electrons. The van der Waals surface area contributed by atoms with Crippen molar-refractivity contribution >= 4 is 39.2 Å². The van der Waals surface area contributed by atoms with Crippen LogP contribution in [0, 0.1) is 0 Å². The number of rotatable bonds is 7. The van der Waals surface area contributed by atoms with Crippen molar-refractivity contribution in [2.75, 3.05) is 19.0 Å². The maximum absolute atomic E-state index is 13.5. The minimum Gasteiger partial charge on any atom is -0.497 e. The van der Waals surface area contributed by atoms with Crippen LogP contribution in [-0.2, 0) is 22.5 Å². The first kappa shape index (κ1) is 25.8. The van der Waals surface area contributed by atoms with Gasteiger partial charge in [-0.1, -0.05) is 18.2 Å². The van der Waals surface area contributed by atoms with E-state index in [1.165, 1.54) is 11.3 Å². The van der Waals surface area contributed by atoms with Gasteiger partial charge in [-0.15, -0.1) is 11.3 Å². The zero-order valence-electron chi connectivity index (χ0n) is 21.9. The van der Waals surface area contributed by atoms with Crippen molar-refractivity contribution in [3.63, 3.8) is 0 Å². The summed E-state index contributed by atoms with van der Waals surface area (Å²) in [4.78, 5) is 38.1. The fraction of sp³-hybridized carbons (Fsp3) is 0.310. The lowest BCUT2D eigenvalue weighted by Crippen LogP contribution is -2.37. The summed E-state index contributed by atoms with van der Waals surface area (Å²) in [6.07, 6.45) is -0.252. The third-order valence-corrected chi connectivity index (χ3v) is 7.54. The maximum atomic E-state index is 13.5. The van der Waals surface area contributed by atoms with E-state index in [0.717, 1.165) is 52.1 Å². The zero-order valence-corrected chi connectivity index (χ0v) is 22.7. The van der Waals surface area contributed by atoms with Gasteiger partial charge in [-0.2, -0.15) is 0 Å². The average Bonchev–Trinajstić information content (AvgIpc) is 3.39. The van der Waals surface area contributed by atoms with Crippen LogP contribution in [0.1, 0.15) is 42.4 Å². The van der Waals surface area contributed by atoms with Crippen LogP contribution in [0.15, 0.2) is 53.9 Å². The molecule has 1 aliphatic heterocycles. The van der Waals surface area contributed by atoms with Gasteiger partial charge in [0.05, 0.1) is 23.9 Å². The lowest BCUT2D eigenvalue weighted by molar-refractivity contribution is -0.123. The van der Waals surface area contributed by atoms with E-state index in [4.69, 9.17) is 14.5 Å². The molecule has 0 spiro atoms. The molecule has 4 aromatic rings. The molecule has 2 aromatic carbocycles. The van der Waals surface area contributed by atoms with Crippen LogP contribution in [0.4, 0.5) is 5.13 Å². The van der Waals surface area contributed by atoms with E-state index in [9.17, 15) is 9.59 Å². The van der Waals surface area contributed by atoms with E-state index in [0.29, 0.717) is 23.3 Å². The largest absolute Gasteiger partial charge is 0.497 e. The van der Waals surface area contributed by atoms with Crippen LogP contribution in [0.3, 0.4) is 0 Å². The van der Waals surface area contributed by atoms with Crippen molar-refractivity contribution in [2.45, 2.75) is 45.9 Å². The first-order valence-electron chi connectivity index (χ1n) is 12.6. The van der Waals surface area contributed by atoms with Crippen molar-refractivity contribution in [3.8, 4) is 17.0 Å². The Kier molecular flexibility index (Phi) is 7.40.